The van der Waals surface area contributed by atoms with Crippen molar-refractivity contribution >= 4 is 39.8 Å². The summed E-state index contributed by atoms with van der Waals surface area (Å²) < 4.78 is 22.9. The molecule has 0 heterocycles. The highest BCUT2D eigenvalue weighted by molar-refractivity contribution is 14.0. The zero-order chi connectivity index (χ0) is 13.3. The second-order valence-electron chi connectivity index (χ2n) is 5.51. The zero-order valence-corrected chi connectivity index (χ0v) is 14.7. The van der Waals surface area contributed by atoms with Gasteiger partial charge in [0.25, 0.3) is 0 Å². The minimum Gasteiger partial charge on any atom is -0.370 e. The maximum atomic E-state index is 11.8. The molecule has 0 aromatic heterocycles. The molecule has 7 heteroatoms. The molecule has 0 radical (unpaired) electrons. The molecule has 0 bridgehead atoms. The molecule has 0 saturated heterocycles. The predicted molar refractivity (Wildman–Crippen MR) is 86.2 cm³/mol. The molecule has 0 aliphatic heterocycles. The molecule has 1 saturated carbocycles. The van der Waals surface area contributed by atoms with Crippen LogP contribution < -0.4 is 5.73 Å². The topological polar surface area (TPSA) is 75.8 Å². The van der Waals surface area contributed by atoms with Crippen LogP contribution in [0.2, 0.25) is 0 Å². The van der Waals surface area contributed by atoms with E-state index in [0.29, 0.717) is 12.0 Å². The Morgan fingerprint density at radius 1 is 1.39 bits per heavy atom. The van der Waals surface area contributed by atoms with Gasteiger partial charge in [0, 0.05) is 13.1 Å². The van der Waals surface area contributed by atoms with Crippen LogP contribution in [0, 0.1) is 0 Å². The van der Waals surface area contributed by atoms with Gasteiger partial charge < -0.3 is 10.6 Å². The van der Waals surface area contributed by atoms with Crippen LogP contribution in [0.4, 0.5) is 0 Å². The molecule has 1 fully saturated rings. The molecule has 18 heavy (non-hydrogen) atoms. The average molecular weight is 389 g/mol. The SMILES string of the molecule is CN(C(N)=NCCS(=O)(=O)C(C)(C)C)C1CC1.I. The first-order chi connectivity index (χ1) is 7.65. The molecule has 1 aliphatic rings. The van der Waals surface area contributed by atoms with Crippen LogP contribution in [0.25, 0.3) is 0 Å². The minimum absolute atomic E-state index is 0. The van der Waals surface area contributed by atoms with Crippen molar-refractivity contribution in [3.8, 4) is 0 Å². The van der Waals surface area contributed by atoms with Crippen LogP contribution in [0.1, 0.15) is 33.6 Å². The van der Waals surface area contributed by atoms with Crippen molar-refractivity contribution < 1.29 is 8.42 Å². The van der Waals surface area contributed by atoms with Gasteiger partial charge in [-0.15, -0.1) is 24.0 Å². The van der Waals surface area contributed by atoms with E-state index in [-0.39, 0.29) is 36.3 Å². The van der Waals surface area contributed by atoms with Gasteiger partial charge in [0.05, 0.1) is 17.0 Å². The molecule has 0 atom stereocenters. The first-order valence-corrected chi connectivity index (χ1v) is 7.55. The maximum absolute atomic E-state index is 11.8. The fourth-order valence-electron chi connectivity index (χ4n) is 1.35. The van der Waals surface area contributed by atoms with Crippen LogP contribution in [0.15, 0.2) is 4.99 Å². The van der Waals surface area contributed by atoms with Crippen molar-refractivity contribution in [1.29, 1.82) is 0 Å². The number of hydrogen-bond acceptors (Lipinski definition) is 3. The molecular formula is C11H24IN3O2S. The number of sulfone groups is 1. The smallest absolute Gasteiger partial charge is 0.191 e. The fraction of sp³-hybridized carbons (Fsp3) is 0.909. The molecule has 0 unspecified atom stereocenters. The molecule has 0 amide bonds. The Bertz CT molecular complexity index is 397. The lowest BCUT2D eigenvalue weighted by Gasteiger charge is -2.19. The van der Waals surface area contributed by atoms with Crippen molar-refractivity contribution in [1.82, 2.24) is 4.90 Å². The molecule has 1 rings (SSSR count). The average Bonchev–Trinajstić information content (AvgIpc) is 2.97. The van der Waals surface area contributed by atoms with Gasteiger partial charge in [-0.1, -0.05) is 0 Å². The lowest BCUT2D eigenvalue weighted by atomic mass is 10.3. The lowest BCUT2D eigenvalue weighted by molar-refractivity contribution is 0.488. The van der Waals surface area contributed by atoms with E-state index < -0.39 is 14.6 Å². The number of nitrogens with zero attached hydrogens (tertiary/aromatic N) is 2. The van der Waals surface area contributed by atoms with Gasteiger partial charge in [-0.2, -0.15) is 0 Å². The van der Waals surface area contributed by atoms with Gasteiger partial charge in [0.15, 0.2) is 15.8 Å². The van der Waals surface area contributed by atoms with Crippen LogP contribution >= 0.6 is 24.0 Å². The van der Waals surface area contributed by atoms with E-state index in [2.05, 4.69) is 4.99 Å². The van der Waals surface area contributed by atoms with Crippen LogP contribution in [0.3, 0.4) is 0 Å². The van der Waals surface area contributed by atoms with Gasteiger partial charge >= 0.3 is 0 Å². The van der Waals surface area contributed by atoms with Gasteiger partial charge in [-0.05, 0) is 33.6 Å². The van der Waals surface area contributed by atoms with Crippen LogP contribution in [-0.4, -0.2) is 49.4 Å². The van der Waals surface area contributed by atoms with E-state index >= 15 is 0 Å². The summed E-state index contributed by atoms with van der Waals surface area (Å²) in [6.45, 7) is 5.34. The number of guanidine groups is 1. The monoisotopic (exact) mass is 389 g/mol. The number of halogens is 1. The third kappa shape index (κ3) is 4.91. The molecule has 2 N–H and O–H groups in total. The number of nitrogens with two attached hydrogens (primary N) is 1. The van der Waals surface area contributed by atoms with Crippen molar-refractivity contribution in [2.45, 2.75) is 44.4 Å². The normalized spacial score (nSPS) is 17.2. The number of aliphatic imine (C=N–C) groups is 1. The third-order valence-corrected chi connectivity index (χ3v) is 5.61. The Kier molecular flexibility index (Phi) is 6.39. The second kappa shape index (κ2) is 6.40. The van der Waals surface area contributed by atoms with Gasteiger partial charge in [-0.3, -0.25) is 4.99 Å². The minimum atomic E-state index is -3.10. The third-order valence-electron chi connectivity index (χ3n) is 3.02. The highest BCUT2D eigenvalue weighted by Crippen LogP contribution is 2.24. The predicted octanol–water partition coefficient (Wildman–Crippen LogP) is 1.23. The Balaban J connectivity index is 0.00000289. The lowest BCUT2D eigenvalue weighted by Crippen LogP contribution is -2.37. The summed E-state index contributed by atoms with van der Waals surface area (Å²) >= 11 is 0. The first-order valence-electron chi connectivity index (χ1n) is 5.90. The molecule has 5 nitrogen and oxygen atoms in total. The Morgan fingerprint density at radius 3 is 2.28 bits per heavy atom. The summed E-state index contributed by atoms with van der Waals surface area (Å²) in [6.07, 6.45) is 2.29. The largest absolute Gasteiger partial charge is 0.370 e. The molecule has 0 aromatic rings. The maximum Gasteiger partial charge on any atom is 0.191 e. The van der Waals surface area contributed by atoms with E-state index in [4.69, 9.17) is 5.73 Å². The van der Waals surface area contributed by atoms with Crippen molar-refractivity contribution in [2.75, 3.05) is 19.3 Å². The summed E-state index contributed by atoms with van der Waals surface area (Å²) in [5.74, 6) is 0.493. The van der Waals surface area contributed by atoms with Crippen molar-refractivity contribution in [3.05, 3.63) is 0 Å². The second-order valence-corrected chi connectivity index (χ2v) is 8.38. The fourth-order valence-corrected chi connectivity index (χ4v) is 2.29. The molecule has 0 spiro atoms. The molecule has 1 aliphatic carbocycles. The summed E-state index contributed by atoms with van der Waals surface area (Å²) in [4.78, 5) is 6.05. The highest BCUT2D eigenvalue weighted by Gasteiger charge is 2.29. The summed E-state index contributed by atoms with van der Waals surface area (Å²) in [5, 5.41) is 0. The summed E-state index contributed by atoms with van der Waals surface area (Å²) in [6, 6.07) is 0.498. The molecular weight excluding hydrogens is 365 g/mol. The van der Waals surface area contributed by atoms with Gasteiger partial charge in [0.1, 0.15) is 0 Å². The Morgan fingerprint density at radius 2 is 1.89 bits per heavy atom. The van der Waals surface area contributed by atoms with E-state index in [1.54, 1.807) is 20.8 Å². The number of rotatable bonds is 4. The van der Waals surface area contributed by atoms with E-state index in [0.717, 1.165) is 12.8 Å². The standard InChI is InChI=1S/C11H23N3O2S.HI/c1-11(2,3)17(15,16)8-7-13-10(12)14(4)9-5-6-9;/h9H,5-8H2,1-4H3,(H2,12,13);1H. The Labute approximate surface area is 127 Å². The summed E-state index contributed by atoms with van der Waals surface area (Å²) in [5.41, 5.74) is 5.78. The van der Waals surface area contributed by atoms with Crippen molar-refractivity contribution in [2.24, 2.45) is 10.7 Å². The van der Waals surface area contributed by atoms with E-state index in [1.807, 2.05) is 11.9 Å². The number of hydrogen-bond donors (Lipinski definition) is 1. The van der Waals surface area contributed by atoms with E-state index in [1.165, 1.54) is 0 Å². The Hall–Kier alpha value is -0.0500. The zero-order valence-electron chi connectivity index (χ0n) is 11.5. The quantitative estimate of drug-likeness (QED) is 0.446. The molecule has 108 valence electrons. The van der Waals surface area contributed by atoms with Crippen LogP contribution in [-0.2, 0) is 9.84 Å². The first kappa shape index (κ1) is 17.9. The van der Waals surface area contributed by atoms with Gasteiger partial charge in [0.2, 0.25) is 0 Å². The van der Waals surface area contributed by atoms with Crippen LogP contribution in [0.5, 0.6) is 0 Å². The van der Waals surface area contributed by atoms with E-state index in [9.17, 15) is 8.42 Å². The van der Waals surface area contributed by atoms with Gasteiger partial charge in [-0.25, -0.2) is 8.42 Å². The van der Waals surface area contributed by atoms with Crippen molar-refractivity contribution in [3.63, 3.8) is 0 Å². The summed E-state index contributed by atoms with van der Waals surface area (Å²) in [7, 11) is -1.21. The molecule has 0 aromatic carbocycles. The highest BCUT2D eigenvalue weighted by atomic mass is 127.